The van der Waals surface area contributed by atoms with E-state index in [2.05, 4.69) is 10.5 Å². The lowest BCUT2D eigenvalue weighted by Gasteiger charge is -2.11. The van der Waals surface area contributed by atoms with Crippen molar-refractivity contribution in [2.24, 2.45) is 0 Å². The molecule has 3 rings (SSSR count). The molecule has 7 nitrogen and oxygen atoms in total. The highest BCUT2D eigenvalue weighted by Crippen LogP contribution is 2.21. The molecule has 0 aliphatic carbocycles. The van der Waals surface area contributed by atoms with Gasteiger partial charge in [-0.2, -0.15) is 0 Å². The molecular formula is C20H17ClN2O5. The van der Waals surface area contributed by atoms with Crippen LogP contribution in [0.3, 0.4) is 0 Å². The molecule has 0 saturated heterocycles. The van der Waals surface area contributed by atoms with Gasteiger partial charge in [0.1, 0.15) is 23.7 Å². The van der Waals surface area contributed by atoms with Crippen LogP contribution in [0.15, 0.2) is 59.1 Å². The van der Waals surface area contributed by atoms with Crippen LogP contribution in [0.4, 0.5) is 5.82 Å². The Hall–Kier alpha value is -3.32. The summed E-state index contributed by atoms with van der Waals surface area (Å²) in [7, 11) is 0. The van der Waals surface area contributed by atoms with E-state index in [9.17, 15) is 9.59 Å². The number of para-hydroxylation sites is 1. The Morgan fingerprint density at radius 1 is 1.14 bits per heavy atom. The third-order valence-corrected chi connectivity index (χ3v) is 3.90. The third kappa shape index (κ3) is 5.34. The zero-order chi connectivity index (χ0) is 19.9. The minimum absolute atomic E-state index is 0.224. The highest BCUT2D eigenvalue weighted by atomic mass is 35.5. The van der Waals surface area contributed by atoms with E-state index in [1.165, 1.54) is 0 Å². The lowest BCUT2D eigenvalue weighted by Crippen LogP contribution is -2.21. The summed E-state index contributed by atoms with van der Waals surface area (Å²) >= 11 is 5.86. The summed E-state index contributed by atoms with van der Waals surface area (Å²) in [6, 6.07) is 15.4. The minimum Gasteiger partial charge on any atom is -0.488 e. The highest BCUT2D eigenvalue weighted by molar-refractivity contribution is 6.30. The van der Waals surface area contributed by atoms with Gasteiger partial charge in [-0.3, -0.25) is 4.79 Å². The molecule has 0 aliphatic heterocycles. The first-order valence-electron chi connectivity index (χ1n) is 8.38. The molecule has 1 heterocycles. The van der Waals surface area contributed by atoms with Gasteiger partial charge in [0, 0.05) is 11.1 Å². The highest BCUT2D eigenvalue weighted by Gasteiger charge is 2.16. The Balaban J connectivity index is 1.57. The number of anilines is 1. The van der Waals surface area contributed by atoms with Crippen molar-refractivity contribution in [1.29, 1.82) is 0 Å². The molecular weight excluding hydrogens is 384 g/mol. The second-order valence-corrected chi connectivity index (χ2v) is 6.29. The maximum absolute atomic E-state index is 12.3. The van der Waals surface area contributed by atoms with E-state index in [-0.39, 0.29) is 18.0 Å². The molecule has 28 heavy (non-hydrogen) atoms. The molecule has 3 aromatic rings. The van der Waals surface area contributed by atoms with Gasteiger partial charge < -0.3 is 19.3 Å². The molecule has 0 bridgehead atoms. The van der Waals surface area contributed by atoms with E-state index >= 15 is 0 Å². The van der Waals surface area contributed by atoms with Crippen molar-refractivity contribution < 1.29 is 23.6 Å². The molecule has 0 fully saturated rings. The van der Waals surface area contributed by atoms with E-state index in [0.717, 1.165) is 5.56 Å². The van der Waals surface area contributed by atoms with Crippen LogP contribution in [-0.2, 0) is 16.1 Å². The normalized spacial score (nSPS) is 10.4. The first-order valence-corrected chi connectivity index (χ1v) is 8.75. The number of amides is 1. The summed E-state index contributed by atoms with van der Waals surface area (Å²) in [4.78, 5) is 24.2. The monoisotopic (exact) mass is 400 g/mol. The first kappa shape index (κ1) is 19.4. The molecule has 2 aromatic carbocycles. The van der Waals surface area contributed by atoms with Gasteiger partial charge in [0.15, 0.2) is 12.4 Å². The molecule has 144 valence electrons. The standard InChI is InChI=1S/C20H17ClN2O5/c1-13-10-18(23-28-13)22-19(24)12-27-20(25)16-4-2-3-5-17(16)26-11-14-6-8-15(21)9-7-14/h2-10H,11-12H2,1H3,(H,22,23,24). The second-order valence-electron chi connectivity index (χ2n) is 5.86. The van der Waals surface area contributed by atoms with Gasteiger partial charge in [0.25, 0.3) is 5.91 Å². The average Bonchev–Trinajstić information content (AvgIpc) is 3.10. The van der Waals surface area contributed by atoms with Crippen molar-refractivity contribution in [3.8, 4) is 5.75 Å². The maximum Gasteiger partial charge on any atom is 0.342 e. The van der Waals surface area contributed by atoms with E-state index in [1.807, 2.05) is 12.1 Å². The fourth-order valence-corrected chi connectivity index (χ4v) is 2.44. The molecule has 0 saturated carbocycles. The number of aromatic nitrogens is 1. The van der Waals surface area contributed by atoms with E-state index in [1.54, 1.807) is 49.4 Å². The number of hydrogen-bond acceptors (Lipinski definition) is 6. The van der Waals surface area contributed by atoms with E-state index in [4.69, 9.17) is 25.6 Å². The Labute approximate surface area is 166 Å². The summed E-state index contributed by atoms with van der Waals surface area (Å²) in [6.45, 7) is 1.49. The lowest BCUT2D eigenvalue weighted by molar-refractivity contribution is -0.119. The van der Waals surface area contributed by atoms with Crippen molar-refractivity contribution in [1.82, 2.24) is 5.16 Å². The van der Waals surface area contributed by atoms with Gasteiger partial charge in [-0.25, -0.2) is 4.79 Å². The van der Waals surface area contributed by atoms with Crippen molar-refractivity contribution in [3.05, 3.63) is 76.5 Å². The van der Waals surface area contributed by atoms with Gasteiger partial charge in [0.2, 0.25) is 0 Å². The van der Waals surface area contributed by atoms with Crippen molar-refractivity contribution >= 4 is 29.3 Å². The van der Waals surface area contributed by atoms with Crippen molar-refractivity contribution in [2.75, 3.05) is 11.9 Å². The molecule has 1 N–H and O–H groups in total. The van der Waals surface area contributed by atoms with Crippen LogP contribution in [-0.4, -0.2) is 23.6 Å². The Morgan fingerprint density at radius 2 is 1.89 bits per heavy atom. The summed E-state index contributed by atoms with van der Waals surface area (Å²) < 4.78 is 15.6. The maximum atomic E-state index is 12.3. The number of rotatable bonds is 7. The van der Waals surface area contributed by atoms with Gasteiger partial charge in [-0.15, -0.1) is 0 Å². The number of ether oxygens (including phenoxy) is 2. The quantitative estimate of drug-likeness (QED) is 0.602. The topological polar surface area (TPSA) is 90.7 Å². The fraction of sp³-hybridized carbons (Fsp3) is 0.150. The van der Waals surface area contributed by atoms with E-state index in [0.29, 0.717) is 16.5 Å². The molecule has 1 amide bonds. The number of aryl methyl sites for hydroxylation is 1. The Kier molecular flexibility index (Phi) is 6.29. The van der Waals surface area contributed by atoms with Crippen LogP contribution in [0.5, 0.6) is 5.75 Å². The van der Waals surface area contributed by atoms with Crippen LogP contribution in [0, 0.1) is 6.92 Å². The number of esters is 1. The SMILES string of the molecule is Cc1cc(NC(=O)COC(=O)c2ccccc2OCc2ccc(Cl)cc2)no1. The number of nitrogens with zero attached hydrogens (tertiary/aromatic N) is 1. The average molecular weight is 401 g/mol. The zero-order valence-electron chi connectivity index (χ0n) is 15.0. The van der Waals surface area contributed by atoms with Gasteiger partial charge in [-0.1, -0.05) is 41.0 Å². The van der Waals surface area contributed by atoms with Gasteiger partial charge in [-0.05, 0) is 36.8 Å². The smallest absolute Gasteiger partial charge is 0.342 e. The molecule has 0 unspecified atom stereocenters. The van der Waals surface area contributed by atoms with Gasteiger partial charge in [0.05, 0.1) is 0 Å². The number of carbonyl (C=O) groups is 2. The second kappa shape index (κ2) is 9.05. The molecule has 0 atom stereocenters. The number of hydrogen-bond donors (Lipinski definition) is 1. The number of halogens is 1. The molecule has 0 spiro atoms. The predicted octanol–water partition coefficient (Wildman–Crippen LogP) is 4.01. The largest absolute Gasteiger partial charge is 0.488 e. The fourth-order valence-electron chi connectivity index (χ4n) is 2.32. The predicted molar refractivity (Wildman–Crippen MR) is 102 cm³/mol. The Morgan fingerprint density at radius 3 is 2.61 bits per heavy atom. The molecule has 8 heteroatoms. The molecule has 0 aliphatic rings. The van der Waals surface area contributed by atoms with Crippen LogP contribution in [0.2, 0.25) is 5.02 Å². The van der Waals surface area contributed by atoms with Crippen LogP contribution in [0.25, 0.3) is 0 Å². The molecule has 0 radical (unpaired) electrons. The summed E-state index contributed by atoms with van der Waals surface area (Å²) in [5.41, 5.74) is 1.12. The molecule has 1 aromatic heterocycles. The van der Waals surface area contributed by atoms with Crippen LogP contribution >= 0.6 is 11.6 Å². The zero-order valence-corrected chi connectivity index (χ0v) is 15.7. The van der Waals surface area contributed by atoms with Crippen LogP contribution < -0.4 is 10.1 Å². The number of benzene rings is 2. The van der Waals surface area contributed by atoms with Crippen LogP contribution in [0.1, 0.15) is 21.7 Å². The van der Waals surface area contributed by atoms with Crippen molar-refractivity contribution in [3.63, 3.8) is 0 Å². The Bertz CT molecular complexity index is 969. The third-order valence-electron chi connectivity index (χ3n) is 3.64. The lowest BCUT2D eigenvalue weighted by atomic mass is 10.2. The summed E-state index contributed by atoms with van der Waals surface area (Å²) in [6.07, 6.45) is 0. The van der Waals surface area contributed by atoms with Gasteiger partial charge >= 0.3 is 5.97 Å². The first-order chi connectivity index (χ1) is 13.5. The minimum atomic E-state index is -0.668. The number of carbonyl (C=O) groups excluding carboxylic acids is 2. The van der Waals surface area contributed by atoms with E-state index < -0.39 is 18.5 Å². The summed E-state index contributed by atoms with van der Waals surface area (Å²) in [5, 5.41) is 6.74. The number of nitrogens with one attached hydrogen (secondary N) is 1. The van der Waals surface area contributed by atoms with Crippen molar-refractivity contribution in [2.45, 2.75) is 13.5 Å². The summed E-state index contributed by atoms with van der Waals surface area (Å²) in [5.74, 6) is -0.0290.